The first-order valence-corrected chi connectivity index (χ1v) is 10.4. The summed E-state index contributed by atoms with van der Waals surface area (Å²) in [6, 6.07) is 12.0. The third-order valence-electron chi connectivity index (χ3n) is 5.89. The zero-order chi connectivity index (χ0) is 21.3. The van der Waals surface area contributed by atoms with Gasteiger partial charge >= 0.3 is 0 Å². The second-order valence-electron chi connectivity index (χ2n) is 8.17. The van der Waals surface area contributed by atoms with Crippen LogP contribution in [0.1, 0.15) is 32.3 Å². The maximum atomic E-state index is 12.3. The van der Waals surface area contributed by atoms with Gasteiger partial charge in [-0.3, -0.25) is 4.79 Å². The van der Waals surface area contributed by atoms with Crippen LogP contribution in [0.25, 0.3) is 11.1 Å². The van der Waals surface area contributed by atoms with Crippen LogP contribution in [0.4, 0.5) is 0 Å². The van der Waals surface area contributed by atoms with Gasteiger partial charge in [0.25, 0.3) is 0 Å². The van der Waals surface area contributed by atoms with E-state index in [0.717, 1.165) is 22.4 Å². The number of benzene rings is 2. The first kappa shape index (κ1) is 20.5. The number of hydrogen-bond acceptors (Lipinski definition) is 5. The molecule has 0 aromatic heterocycles. The maximum absolute atomic E-state index is 12.3. The molecule has 2 aliphatic rings. The Morgan fingerprint density at radius 3 is 2.33 bits per heavy atom. The molecule has 0 saturated carbocycles. The number of ether oxygens (including phenoxy) is 4. The van der Waals surface area contributed by atoms with Crippen molar-refractivity contribution < 1.29 is 23.7 Å². The fraction of sp³-hybridized carbons (Fsp3) is 0.458. The van der Waals surface area contributed by atoms with Gasteiger partial charge in [-0.25, -0.2) is 0 Å². The van der Waals surface area contributed by atoms with Crippen molar-refractivity contribution >= 4 is 5.91 Å². The quantitative estimate of drug-likeness (QED) is 0.753. The van der Waals surface area contributed by atoms with Crippen molar-refractivity contribution in [3.8, 4) is 28.4 Å². The number of amides is 1. The van der Waals surface area contributed by atoms with E-state index in [0.29, 0.717) is 44.0 Å². The molecule has 6 nitrogen and oxygen atoms in total. The lowest BCUT2D eigenvalue weighted by molar-refractivity contribution is -0.228. The predicted octanol–water partition coefficient (Wildman–Crippen LogP) is 4.25. The van der Waals surface area contributed by atoms with Gasteiger partial charge in [0.05, 0.1) is 20.8 Å². The molecule has 4 rings (SSSR count). The Kier molecular flexibility index (Phi) is 5.60. The highest BCUT2D eigenvalue weighted by Gasteiger charge is 2.42. The number of nitrogens with zero attached hydrogens (tertiary/aromatic N) is 1. The topological polar surface area (TPSA) is 57.2 Å². The molecule has 160 valence electrons. The summed E-state index contributed by atoms with van der Waals surface area (Å²) in [5, 5.41) is 0. The first-order chi connectivity index (χ1) is 14.4. The summed E-state index contributed by atoms with van der Waals surface area (Å²) in [6.07, 6.45) is 1.37. The van der Waals surface area contributed by atoms with Gasteiger partial charge in [0.2, 0.25) is 11.7 Å². The van der Waals surface area contributed by atoms with Gasteiger partial charge in [0.1, 0.15) is 5.75 Å². The van der Waals surface area contributed by atoms with Crippen molar-refractivity contribution in [3.63, 3.8) is 0 Å². The highest BCUT2D eigenvalue weighted by atomic mass is 16.7. The minimum absolute atomic E-state index is 0.0166. The molecule has 1 amide bonds. The maximum Gasteiger partial charge on any atom is 0.225 e. The summed E-state index contributed by atoms with van der Waals surface area (Å²) < 4.78 is 23.3. The lowest BCUT2D eigenvalue weighted by atomic mass is 9.98. The Morgan fingerprint density at radius 1 is 1.00 bits per heavy atom. The van der Waals surface area contributed by atoms with E-state index in [2.05, 4.69) is 12.1 Å². The Balaban J connectivity index is 1.50. The molecular formula is C24H29NO5. The lowest BCUT2D eigenvalue weighted by Crippen LogP contribution is -2.53. The number of methoxy groups -OCH3 is 2. The zero-order valence-electron chi connectivity index (χ0n) is 18.1. The third-order valence-corrected chi connectivity index (χ3v) is 5.89. The summed E-state index contributed by atoms with van der Waals surface area (Å²) in [5.74, 6) is 1.83. The van der Waals surface area contributed by atoms with E-state index in [4.69, 9.17) is 18.9 Å². The average molecular weight is 411 g/mol. The highest BCUT2D eigenvalue weighted by molar-refractivity contribution is 5.78. The Labute approximate surface area is 177 Å². The fourth-order valence-corrected chi connectivity index (χ4v) is 4.11. The van der Waals surface area contributed by atoms with E-state index in [1.807, 2.05) is 43.0 Å². The van der Waals surface area contributed by atoms with Crippen LogP contribution in [0.15, 0.2) is 36.4 Å². The molecule has 6 heteroatoms. The van der Waals surface area contributed by atoms with Gasteiger partial charge in [-0.15, -0.1) is 0 Å². The number of rotatable bonds is 4. The molecule has 2 heterocycles. The molecule has 0 N–H and O–H groups in total. The largest absolute Gasteiger partial charge is 0.493 e. The van der Waals surface area contributed by atoms with E-state index in [9.17, 15) is 4.79 Å². The summed E-state index contributed by atoms with van der Waals surface area (Å²) in [5.41, 5.74) is 3.13. The van der Waals surface area contributed by atoms with Crippen molar-refractivity contribution in [1.29, 1.82) is 0 Å². The van der Waals surface area contributed by atoms with Gasteiger partial charge in [0, 0.05) is 37.4 Å². The number of piperidine rings is 1. The molecule has 2 aliphatic heterocycles. The predicted molar refractivity (Wildman–Crippen MR) is 114 cm³/mol. The van der Waals surface area contributed by atoms with Crippen LogP contribution < -0.4 is 14.2 Å². The monoisotopic (exact) mass is 411 g/mol. The second kappa shape index (κ2) is 8.19. The molecule has 2 aromatic rings. The zero-order valence-corrected chi connectivity index (χ0v) is 18.1. The number of carbonyl (C=O) groups is 1. The number of carbonyl (C=O) groups excluding carboxylic acids is 1. The lowest BCUT2D eigenvalue weighted by Gasteiger charge is -2.44. The van der Waals surface area contributed by atoms with E-state index < -0.39 is 5.79 Å². The van der Waals surface area contributed by atoms with Crippen molar-refractivity contribution in [2.24, 2.45) is 5.92 Å². The molecule has 30 heavy (non-hydrogen) atoms. The van der Waals surface area contributed by atoms with Crippen LogP contribution in [-0.4, -0.2) is 43.9 Å². The average Bonchev–Trinajstić information content (AvgIpc) is 2.78. The van der Waals surface area contributed by atoms with Gasteiger partial charge in [-0.2, -0.15) is 0 Å². The molecular weight excluding hydrogens is 382 g/mol. The molecule has 0 aliphatic carbocycles. The Morgan fingerprint density at radius 2 is 1.67 bits per heavy atom. The number of likely N-dealkylation sites (tertiary alicyclic amines) is 1. The molecule has 1 fully saturated rings. The number of hydrogen-bond donors (Lipinski definition) is 0. The molecule has 1 spiro atoms. The molecule has 0 atom stereocenters. The van der Waals surface area contributed by atoms with E-state index in [1.54, 1.807) is 14.2 Å². The Bertz CT molecular complexity index is 931. The third kappa shape index (κ3) is 3.84. The summed E-state index contributed by atoms with van der Waals surface area (Å²) >= 11 is 0. The van der Waals surface area contributed by atoms with Crippen molar-refractivity contribution in [2.75, 3.05) is 27.3 Å². The fourth-order valence-electron chi connectivity index (χ4n) is 4.11. The van der Waals surface area contributed by atoms with Gasteiger partial charge < -0.3 is 23.8 Å². The van der Waals surface area contributed by atoms with Crippen LogP contribution >= 0.6 is 0 Å². The minimum atomic E-state index is -0.633. The van der Waals surface area contributed by atoms with Crippen LogP contribution in [0.2, 0.25) is 0 Å². The number of fused-ring (bicyclic) bond motifs is 1. The van der Waals surface area contributed by atoms with Crippen molar-refractivity contribution in [3.05, 3.63) is 42.0 Å². The van der Waals surface area contributed by atoms with Gasteiger partial charge in [-0.1, -0.05) is 26.0 Å². The summed E-state index contributed by atoms with van der Waals surface area (Å²) in [6.45, 7) is 5.69. The van der Waals surface area contributed by atoms with E-state index in [1.165, 1.54) is 0 Å². The van der Waals surface area contributed by atoms with E-state index >= 15 is 0 Å². The van der Waals surface area contributed by atoms with Crippen molar-refractivity contribution in [2.45, 2.75) is 39.1 Å². The second-order valence-corrected chi connectivity index (χ2v) is 8.17. The van der Waals surface area contributed by atoms with Crippen LogP contribution in [0.3, 0.4) is 0 Å². The SMILES string of the molecule is COc1ccc(-c2ccc3c(c2)COC2(CCN(C(=O)C(C)C)CC2)O3)cc1OC. The van der Waals surface area contributed by atoms with Crippen molar-refractivity contribution in [1.82, 2.24) is 4.90 Å². The summed E-state index contributed by atoms with van der Waals surface area (Å²) in [4.78, 5) is 14.2. The molecule has 1 saturated heterocycles. The van der Waals surface area contributed by atoms with Gasteiger partial charge in [0.15, 0.2) is 11.5 Å². The van der Waals surface area contributed by atoms with E-state index in [-0.39, 0.29) is 11.8 Å². The molecule has 0 bridgehead atoms. The molecule has 0 radical (unpaired) electrons. The first-order valence-electron chi connectivity index (χ1n) is 10.4. The van der Waals surface area contributed by atoms with Crippen LogP contribution in [0, 0.1) is 5.92 Å². The molecule has 0 unspecified atom stereocenters. The normalized spacial score (nSPS) is 17.4. The minimum Gasteiger partial charge on any atom is -0.493 e. The Hall–Kier alpha value is -2.73. The van der Waals surface area contributed by atoms with Gasteiger partial charge in [-0.05, 0) is 35.4 Å². The van der Waals surface area contributed by atoms with Crippen LogP contribution in [0.5, 0.6) is 17.2 Å². The molecule has 2 aromatic carbocycles. The highest BCUT2D eigenvalue weighted by Crippen LogP contribution is 2.40. The summed E-state index contributed by atoms with van der Waals surface area (Å²) in [7, 11) is 3.26. The van der Waals surface area contributed by atoms with Crippen LogP contribution in [-0.2, 0) is 16.1 Å². The standard InChI is InChI=1S/C24H29NO5/c1-16(2)23(26)25-11-9-24(10-12-25)29-15-19-13-17(5-7-20(19)30-24)18-6-8-21(27-3)22(14-18)28-4/h5-8,13-14,16H,9-12,15H2,1-4H3. The smallest absolute Gasteiger partial charge is 0.225 e.